The second kappa shape index (κ2) is 5.03. The third kappa shape index (κ3) is 3.13. The first-order chi connectivity index (χ1) is 7.02. The van der Waals surface area contributed by atoms with Crippen molar-refractivity contribution in [1.29, 1.82) is 0 Å². The number of carbonyl (C=O) groups excluding carboxylic acids is 1. The maximum atomic E-state index is 11.6. The molecule has 3 nitrogen and oxygen atoms in total. The minimum atomic E-state index is -0.278. The van der Waals surface area contributed by atoms with E-state index >= 15 is 0 Å². The number of likely N-dealkylation sites (N-methyl/N-ethyl adjacent to an activating group) is 1. The number of hydrogen-bond acceptors (Lipinski definition) is 2. The molecule has 0 spiro atoms. The van der Waals surface area contributed by atoms with Crippen molar-refractivity contribution in [2.45, 2.75) is 13.0 Å². The van der Waals surface area contributed by atoms with Crippen molar-refractivity contribution in [3.8, 4) is 0 Å². The third-order valence-corrected chi connectivity index (χ3v) is 2.39. The van der Waals surface area contributed by atoms with Crippen LogP contribution in [0.2, 0.25) is 5.02 Å². The van der Waals surface area contributed by atoms with Gasteiger partial charge in [0.1, 0.15) is 6.04 Å². The summed E-state index contributed by atoms with van der Waals surface area (Å²) in [6.07, 6.45) is 0. The van der Waals surface area contributed by atoms with Crippen LogP contribution >= 0.6 is 11.6 Å². The van der Waals surface area contributed by atoms with E-state index in [4.69, 9.17) is 11.6 Å². The Labute approximate surface area is 95.0 Å². The van der Waals surface area contributed by atoms with Crippen molar-refractivity contribution in [1.82, 2.24) is 4.90 Å². The Bertz CT molecular complexity index is 352. The van der Waals surface area contributed by atoms with Crippen LogP contribution in [-0.4, -0.2) is 30.9 Å². The van der Waals surface area contributed by atoms with Crippen molar-refractivity contribution < 1.29 is 4.79 Å². The predicted octanol–water partition coefficient (Wildman–Crippen LogP) is 2.23. The van der Waals surface area contributed by atoms with Gasteiger partial charge in [-0.25, -0.2) is 0 Å². The van der Waals surface area contributed by atoms with Gasteiger partial charge in [0.2, 0.25) is 5.91 Å². The first-order valence-corrected chi connectivity index (χ1v) is 5.12. The lowest BCUT2D eigenvalue weighted by molar-refractivity contribution is -0.129. The molecular formula is C11H15ClN2O. The molecule has 0 aliphatic rings. The predicted molar refractivity (Wildman–Crippen MR) is 63.2 cm³/mol. The molecule has 0 bridgehead atoms. The lowest BCUT2D eigenvalue weighted by atomic mass is 10.2. The zero-order valence-electron chi connectivity index (χ0n) is 9.12. The van der Waals surface area contributed by atoms with Gasteiger partial charge in [-0.1, -0.05) is 23.7 Å². The van der Waals surface area contributed by atoms with Gasteiger partial charge < -0.3 is 10.2 Å². The van der Waals surface area contributed by atoms with Crippen molar-refractivity contribution in [2.24, 2.45) is 0 Å². The summed E-state index contributed by atoms with van der Waals surface area (Å²) < 4.78 is 0. The highest BCUT2D eigenvalue weighted by molar-refractivity contribution is 6.33. The van der Waals surface area contributed by atoms with Crippen LogP contribution in [-0.2, 0) is 4.79 Å². The smallest absolute Gasteiger partial charge is 0.244 e. The van der Waals surface area contributed by atoms with Crippen molar-refractivity contribution >= 4 is 23.2 Å². The Morgan fingerprint density at radius 2 is 2.00 bits per heavy atom. The van der Waals surface area contributed by atoms with Gasteiger partial charge >= 0.3 is 0 Å². The maximum Gasteiger partial charge on any atom is 0.244 e. The molecule has 0 aliphatic carbocycles. The SMILES string of the molecule is CC(Nc1ccccc1Cl)C(=O)N(C)C. The van der Waals surface area contributed by atoms with E-state index in [9.17, 15) is 4.79 Å². The number of halogens is 1. The van der Waals surface area contributed by atoms with Gasteiger partial charge in [0.05, 0.1) is 10.7 Å². The zero-order valence-corrected chi connectivity index (χ0v) is 9.88. The van der Waals surface area contributed by atoms with Gasteiger partial charge in [-0.3, -0.25) is 4.79 Å². The standard InChI is InChI=1S/C11H15ClN2O/c1-8(11(15)14(2)3)13-10-7-5-4-6-9(10)12/h4-8,13H,1-3H3. The molecule has 0 aliphatic heterocycles. The van der Waals surface area contributed by atoms with E-state index in [1.807, 2.05) is 25.1 Å². The van der Waals surface area contributed by atoms with Gasteiger partial charge in [-0.05, 0) is 19.1 Å². The molecule has 0 aromatic heterocycles. The Hall–Kier alpha value is -1.22. The molecule has 1 aromatic rings. The number of para-hydroxylation sites is 1. The molecule has 0 saturated heterocycles. The molecule has 4 heteroatoms. The van der Waals surface area contributed by atoms with Gasteiger partial charge in [0, 0.05) is 14.1 Å². The fourth-order valence-corrected chi connectivity index (χ4v) is 1.45. The van der Waals surface area contributed by atoms with E-state index in [0.29, 0.717) is 5.02 Å². The summed E-state index contributed by atoms with van der Waals surface area (Å²) in [4.78, 5) is 13.1. The summed E-state index contributed by atoms with van der Waals surface area (Å²) in [6, 6.07) is 7.09. The number of nitrogens with zero attached hydrogens (tertiary/aromatic N) is 1. The minimum Gasteiger partial charge on any atom is -0.373 e. The molecule has 0 heterocycles. The van der Waals surface area contributed by atoms with Crippen LogP contribution in [0.4, 0.5) is 5.69 Å². The average molecular weight is 227 g/mol. The number of rotatable bonds is 3. The molecule has 0 fully saturated rings. The van der Waals surface area contributed by atoms with Crippen LogP contribution in [0.15, 0.2) is 24.3 Å². The van der Waals surface area contributed by atoms with Crippen LogP contribution < -0.4 is 5.32 Å². The first-order valence-electron chi connectivity index (χ1n) is 4.74. The molecule has 1 unspecified atom stereocenters. The third-order valence-electron chi connectivity index (χ3n) is 2.06. The second-order valence-corrected chi connectivity index (χ2v) is 3.99. The highest BCUT2D eigenvalue weighted by atomic mass is 35.5. The Morgan fingerprint density at radius 1 is 1.40 bits per heavy atom. The minimum absolute atomic E-state index is 0.0231. The van der Waals surface area contributed by atoms with E-state index in [1.165, 1.54) is 0 Å². The molecule has 1 amide bonds. The first kappa shape index (κ1) is 11.9. The average Bonchev–Trinajstić information content (AvgIpc) is 2.20. The van der Waals surface area contributed by atoms with Crippen LogP contribution in [0.1, 0.15) is 6.92 Å². The molecule has 0 radical (unpaired) electrons. The van der Waals surface area contributed by atoms with Gasteiger partial charge in [-0.15, -0.1) is 0 Å². The molecule has 0 saturated carbocycles. The number of benzene rings is 1. The van der Waals surface area contributed by atoms with Crippen molar-refractivity contribution in [3.63, 3.8) is 0 Å². The van der Waals surface area contributed by atoms with Gasteiger partial charge in [-0.2, -0.15) is 0 Å². The van der Waals surface area contributed by atoms with Gasteiger partial charge in [0.25, 0.3) is 0 Å². The number of nitrogens with one attached hydrogen (secondary N) is 1. The fourth-order valence-electron chi connectivity index (χ4n) is 1.26. The normalized spacial score (nSPS) is 12.0. The summed E-state index contributed by atoms with van der Waals surface area (Å²) in [7, 11) is 3.46. The van der Waals surface area contributed by atoms with E-state index in [0.717, 1.165) is 5.69 Å². The summed E-state index contributed by atoms with van der Waals surface area (Å²) in [5.41, 5.74) is 0.780. The van der Waals surface area contributed by atoms with Gasteiger partial charge in [0.15, 0.2) is 0 Å². The van der Waals surface area contributed by atoms with E-state index < -0.39 is 0 Å². The Balaban J connectivity index is 2.71. The molecule has 15 heavy (non-hydrogen) atoms. The topological polar surface area (TPSA) is 32.3 Å². The summed E-state index contributed by atoms with van der Waals surface area (Å²) in [5, 5.41) is 3.69. The van der Waals surface area contributed by atoms with E-state index in [2.05, 4.69) is 5.32 Å². The molecule has 82 valence electrons. The van der Waals surface area contributed by atoms with Crippen molar-refractivity contribution in [2.75, 3.05) is 19.4 Å². The Kier molecular flexibility index (Phi) is 3.97. The summed E-state index contributed by atoms with van der Waals surface area (Å²) >= 11 is 5.97. The lowest BCUT2D eigenvalue weighted by Gasteiger charge is -2.19. The number of anilines is 1. The number of amides is 1. The monoisotopic (exact) mass is 226 g/mol. The summed E-state index contributed by atoms with van der Waals surface area (Å²) in [6.45, 7) is 1.81. The van der Waals surface area contributed by atoms with Crippen LogP contribution in [0.5, 0.6) is 0 Å². The van der Waals surface area contributed by atoms with E-state index in [1.54, 1.807) is 25.1 Å². The highest BCUT2D eigenvalue weighted by Crippen LogP contribution is 2.21. The number of carbonyl (C=O) groups is 1. The van der Waals surface area contributed by atoms with Crippen LogP contribution in [0.25, 0.3) is 0 Å². The molecule has 1 atom stereocenters. The fraction of sp³-hybridized carbons (Fsp3) is 0.364. The van der Waals surface area contributed by atoms with Crippen LogP contribution in [0.3, 0.4) is 0 Å². The largest absolute Gasteiger partial charge is 0.373 e. The molecular weight excluding hydrogens is 212 g/mol. The van der Waals surface area contributed by atoms with E-state index in [-0.39, 0.29) is 11.9 Å². The Morgan fingerprint density at radius 3 is 2.53 bits per heavy atom. The number of hydrogen-bond donors (Lipinski definition) is 1. The lowest BCUT2D eigenvalue weighted by Crippen LogP contribution is -2.36. The van der Waals surface area contributed by atoms with Crippen molar-refractivity contribution in [3.05, 3.63) is 29.3 Å². The summed E-state index contributed by atoms with van der Waals surface area (Å²) in [5.74, 6) is 0.0231. The van der Waals surface area contributed by atoms with Crippen LogP contribution in [0, 0.1) is 0 Å². The highest BCUT2D eigenvalue weighted by Gasteiger charge is 2.14. The molecule has 1 aromatic carbocycles. The molecule has 1 N–H and O–H groups in total. The maximum absolute atomic E-state index is 11.6. The molecule has 1 rings (SSSR count). The second-order valence-electron chi connectivity index (χ2n) is 3.58. The zero-order chi connectivity index (χ0) is 11.4. The quantitative estimate of drug-likeness (QED) is 0.857.